The summed E-state index contributed by atoms with van der Waals surface area (Å²) in [6, 6.07) is 8.98. The van der Waals surface area contributed by atoms with Crippen LogP contribution >= 0.6 is 15.9 Å². The van der Waals surface area contributed by atoms with E-state index in [1.165, 1.54) is 6.07 Å². The highest BCUT2D eigenvalue weighted by atomic mass is 79.9. The van der Waals surface area contributed by atoms with Crippen LogP contribution in [0.1, 0.15) is 11.1 Å². The second-order valence-electron chi connectivity index (χ2n) is 4.28. The molecule has 18 heavy (non-hydrogen) atoms. The van der Waals surface area contributed by atoms with E-state index in [9.17, 15) is 4.39 Å². The Balaban J connectivity index is 2.34. The van der Waals surface area contributed by atoms with Gasteiger partial charge in [-0.15, -0.1) is 0 Å². The van der Waals surface area contributed by atoms with Gasteiger partial charge in [-0.2, -0.15) is 0 Å². The van der Waals surface area contributed by atoms with Crippen molar-refractivity contribution in [2.45, 2.75) is 13.8 Å². The Kier molecular flexibility index (Phi) is 3.57. The quantitative estimate of drug-likeness (QED) is 0.800. The number of halogens is 2. The fourth-order valence-corrected chi connectivity index (χ4v) is 2.00. The molecule has 4 heteroatoms. The molecule has 0 aliphatic carbocycles. The zero-order chi connectivity index (χ0) is 13.3. The Labute approximate surface area is 114 Å². The Morgan fingerprint density at radius 2 is 1.83 bits per heavy atom. The van der Waals surface area contributed by atoms with E-state index >= 15 is 0 Å². The Hall–Kier alpha value is -1.55. The number of rotatable bonds is 2. The van der Waals surface area contributed by atoms with Gasteiger partial charge in [0.2, 0.25) is 0 Å². The molecule has 0 unspecified atom stereocenters. The summed E-state index contributed by atoms with van der Waals surface area (Å²) in [7, 11) is 0. The fraction of sp³-hybridized carbons (Fsp3) is 0.143. The first-order valence-corrected chi connectivity index (χ1v) is 6.35. The number of nitrogens with two attached hydrogens (primary N) is 1. The van der Waals surface area contributed by atoms with E-state index in [2.05, 4.69) is 21.2 Å². The average molecular weight is 309 g/mol. The second kappa shape index (κ2) is 4.98. The van der Waals surface area contributed by atoms with E-state index in [4.69, 9.17) is 5.73 Å². The van der Waals surface area contributed by atoms with Crippen LogP contribution in [0.2, 0.25) is 0 Å². The molecule has 0 aliphatic heterocycles. The summed E-state index contributed by atoms with van der Waals surface area (Å²) < 4.78 is 13.8. The zero-order valence-electron chi connectivity index (χ0n) is 10.2. The molecule has 0 amide bonds. The highest BCUT2D eigenvalue weighted by molar-refractivity contribution is 9.10. The molecule has 0 spiro atoms. The van der Waals surface area contributed by atoms with Gasteiger partial charge in [0.15, 0.2) is 0 Å². The summed E-state index contributed by atoms with van der Waals surface area (Å²) >= 11 is 3.18. The van der Waals surface area contributed by atoms with Crippen molar-refractivity contribution in [2.24, 2.45) is 0 Å². The Morgan fingerprint density at radius 3 is 2.50 bits per heavy atom. The highest BCUT2D eigenvalue weighted by Gasteiger charge is 2.06. The van der Waals surface area contributed by atoms with Crippen LogP contribution in [0.5, 0.6) is 0 Å². The third-order valence-corrected chi connectivity index (χ3v) is 3.43. The lowest BCUT2D eigenvalue weighted by atomic mass is 10.1. The maximum absolute atomic E-state index is 13.3. The average Bonchev–Trinajstić information content (AvgIpc) is 2.31. The molecule has 0 bridgehead atoms. The first-order valence-electron chi connectivity index (χ1n) is 5.56. The standard InChI is InChI=1S/C14H14BrFN2/c1-8-3-4-10(6-13(8)17)18-14-7-11(15)12(16)5-9(14)2/h3-7,18H,17H2,1-2H3. The van der Waals surface area contributed by atoms with Crippen molar-refractivity contribution in [1.82, 2.24) is 0 Å². The normalized spacial score (nSPS) is 10.4. The number of benzene rings is 2. The lowest BCUT2D eigenvalue weighted by Crippen LogP contribution is -1.97. The first kappa shape index (κ1) is 12.9. The molecule has 2 aromatic rings. The number of hydrogen-bond acceptors (Lipinski definition) is 2. The molecule has 0 fully saturated rings. The summed E-state index contributed by atoms with van der Waals surface area (Å²) in [6.45, 7) is 3.81. The molecule has 3 N–H and O–H groups in total. The van der Waals surface area contributed by atoms with Crippen LogP contribution in [0.3, 0.4) is 0 Å². The summed E-state index contributed by atoms with van der Waals surface area (Å²) in [5.41, 5.74) is 10.2. The van der Waals surface area contributed by atoms with Crippen LogP contribution in [-0.2, 0) is 0 Å². The minimum atomic E-state index is -0.263. The van der Waals surface area contributed by atoms with Gasteiger partial charge in [-0.1, -0.05) is 6.07 Å². The third kappa shape index (κ3) is 2.64. The molecule has 0 aliphatic rings. The molecule has 94 valence electrons. The van der Waals surface area contributed by atoms with Crippen molar-refractivity contribution in [3.05, 3.63) is 51.7 Å². The molecular weight excluding hydrogens is 295 g/mol. The van der Waals surface area contributed by atoms with Crippen LogP contribution in [0.15, 0.2) is 34.8 Å². The van der Waals surface area contributed by atoms with E-state index in [0.29, 0.717) is 4.47 Å². The van der Waals surface area contributed by atoms with Gasteiger partial charge >= 0.3 is 0 Å². The lowest BCUT2D eigenvalue weighted by molar-refractivity contribution is 0.620. The molecule has 2 nitrogen and oxygen atoms in total. The predicted molar refractivity (Wildman–Crippen MR) is 77.7 cm³/mol. The van der Waals surface area contributed by atoms with Gasteiger partial charge in [-0.3, -0.25) is 0 Å². The van der Waals surface area contributed by atoms with Gasteiger partial charge in [0.25, 0.3) is 0 Å². The van der Waals surface area contributed by atoms with Gasteiger partial charge in [-0.05, 0) is 65.2 Å². The fourth-order valence-electron chi connectivity index (χ4n) is 1.65. The van der Waals surface area contributed by atoms with Crippen LogP contribution in [0.25, 0.3) is 0 Å². The van der Waals surface area contributed by atoms with E-state index in [1.807, 2.05) is 32.0 Å². The van der Waals surface area contributed by atoms with Crippen LogP contribution in [-0.4, -0.2) is 0 Å². The van der Waals surface area contributed by atoms with Crippen molar-refractivity contribution >= 4 is 33.0 Å². The number of hydrogen-bond donors (Lipinski definition) is 2. The molecular formula is C14H14BrFN2. The largest absolute Gasteiger partial charge is 0.398 e. The Bertz CT molecular complexity index is 597. The smallest absolute Gasteiger partial charge is 0.137 e. The van der Waals surface area contributed by atoms with Gasteiger partial charge in [-0.25, -0.2) is 4.39 Å². The van der Waals surface area contributed by atoms with E-state index in [1.54, 1.807) is 6.07 Å². The van der Waals surface area contributed by atoms with Crippen LogP contribution < -0.4 is 11.1 Å². The van der Waals surface area contributed by atoms with Gasteiger partial charge in [0.05, 0.1) is 4.47 Å². The number of nitrogen functional groups attached to an aromatic ring is 1. The van der Waals surface area contributed by atoms with Crippen molar-refractivity contribution in [3.8, 4) is 0 Å². The molecule has 0 saturated heterocycles. The lowest BCUT2D eigenvalue weighted by Gasteiger charge is -2.12. The van der Waals surface area contributed by atoms with Gasteiger partial charge < -0.3 is 11.1 Å². The zero-order valence-corrected chi connectivity index (χ0v) is 11.8. The number of anilines is 3. The molecule has 2 aromatic carbocycles. The summed E-state index contributed by atoms with van der Waals surface area (Å²) in [4.78, 5) is 0. The van der Waals surface area contributed by atoms with E-state index < -0.39 is 0 Å². The third-order valence-electron chi connectivity index (χ3n) is 2.83. The van der Waals surface area contributed by atoms with Crippen molar-refractivity contribution in [1.29, 1.82) is 0 Å². The predicted octanol–water partition coefficient (Wildman–Crippen LogP) is 4.53. The molecule has 0 aromatic heterocycles. The van der Waals surface area contributed by atoms with Crippen LogP contribution in [0, 0.1) is 19.7 Å². The van der Waals surface area contributed by atoms with Gasteiger partial charge in [0, 0.05) is 17.1 Å². The highest BCUT2D eigenvalue weighted by Crippen LogP contribution is 2.28. The molecule has 2 rings (SSSR count). The summed E-state index contributed by atoms with van der Waals surface area (Å²) in [6.07, 6.45) is 0. The van der Waals surface area contributed by atoms with Crippen LogP contribution in [0.4, 0.5) is 21.5 Å². The van der Waals surface area contributed by atoms with E-state index in [-0.39, 0.29) is 5.82 Å². The molecule has 0 heterocycles. The van der Waals surface area contributed by atoms with Crippen molar-refractivity contribution in [2.75, 3.05) is 11.1 Å². The summed E-state index contributed by atoms with van der Waals surface area (Å²) in [5.74, 6) is -0.263. The maximum Gasteiger partial charge on any atom is 0.137 e. The topological polar surface area (TPSA) is 38.0 Å². The Morgan fingerprint density at radius 1 is 1.11 bits per heavy atom. The van der Waals surface area contributed by atoms with E-state index in [0.717, 1.165) is 28.2 Å². The molecule has 0 atom stereocenters. The first-order chi connectivity index (χ1) is 8.47. The second-order valence-corrected chi connectivity index (χ2v) is 5.13. The van der Waals surface area contributed by atoms with Crippen molar-refractivity contribution < 1.29 is 4.39 Å². The monoisotopic (exact) mass is 308 g/mol. The number of aryl methyl sites for hydroxylation is 2. The van der Waals surface area contributed by atoms with Crippen molar-refractivity contribution in [3.63, 3.8) is 0 Å². The minimum Gasteiger partial charge on any atom is -0.398 e. The molecule has 0 saturated carbocycles. The maximum atomic E-state index is 13.3. The SMILES string of the molecule is Cc1ccc(Nc2cc(Br)c(F)cc2C)cc1N. The summed E-state index contributed by atoms with van der Waals surface area (Å²) in [5, 5.41) is 3.23. The molecule has 0 radical (unpaired) electrons. The number of nitrogens with one attached hydrogen (secondary N) is 1. The van der Waals surface area contributed by atoms with Gasteiger partial charge in [0.1, 0.15) is 5.82 Å². The minimum absolute atomic E-state index is 0.263.